The number of esters is 1. The van der Waals surface area contributed by atoms with Crippen LogP contribution in [0, 0.1) is 5.92 Å². The minimum absolute atomic E-state index is 0.0505. The quantitative estimate of drug-likeness (QED) is 0.122. The molecular formula is C38H44N4O6. The Morgan fingerprint density at radius 3 is 2.35 bits per heavy atom. The first-order valence-corrected chi connectivity index (χ1v) is 16.8. The Morgan fingerprint density at radius 1 is 0.958 bits per heavy atom. The number of rotatable bonds is 11. The Kier molecular flexibility index (Phi) is 9.82. The van der Waals surface area contributed by atoms with Gasteiger partial charge in [-0.25, -0.2) is 4.98 Å². The van der Waals surface area contributed by atoms with Crippen molar-refractivity contribution in [1.29, 1.82) is 0 Å². The van der Waals surface area contributed by atoms with Gasteiger partial charge < -0.3 is 29.0 Å². The van der Waals surface area contributed by atoms with Crippen LogP contribution in [-0.2, 0) is 16.6 Å². The summed E-state index contributed by atoms with van der Waals surface area (Å²) in [6.07, 6.45) is 3.73. The van der Waals surface area contributed by atoms with Crippen molar-refractivity contribution in [2.45, 2.75) is 51.4 Å². The number of fused-ring (bicyclic) bond motifs is 1. The lowest BCUT2D eigenvalue weighted by molar-refractivity contribution is -0.131. The summed E-state index contributed by atoms with van der Waals surface area (Å²) in [6.45, 7) is 6.88. The molecule has 0 radical (unpaired) electrons. The van der Waals surface area contributed by atoms with Crippen molar-refractivity contribution in [1.82, 2.24) is 19.8 Å². The van der Waals surface area contributed by atoms with E-state index in [1.807, 2.05) is 42.2 Å². The van der Waals surface area contributed by atoms with E-state index >= 15 is 0 Å². The summed E-state index contributed by atoms with van der Waals surface area (Å²) in [4.78, 5) is 51.8. The van der Waals surface area contributed by atoms with Gasteiger partial charge in [-0.2, -0.15) is 0 Å². The lowest BCUT2D eigenvalue weighted by Crippen LogP contribution is -2.41. The number of ketones is 1. The number of para-hydroxylation sites is 2. The Hall–Kier alpha value is -4.70. The van der Waals surface area contributed by atoms with Crippen LogP contribution in [0.2, 0.25) is 0 Å². The predicted octanol–water partition coefficient (Wildman–Crippen LogP) is 5.84. The number of benzene rings is 3. The number of ether oxygens (including phenoxy) is 3. The molecule has 10 heteroatoms. The smallest absolute Gasteiger partial charge is 0.308 e. The number of H-pyrrole nitrogens is 1. The average molecular weight is 653 g/mol. The van der Waals surface area contributed by atoms with E-state index in [-0.39, 0.29) is 28.8 Å². The fourth-order valence-corrected chi connectivity index (χ4v) is 7.44. The number of aromatic nitrogens is 2. The van der Waals surface area contributed by atoms with Crippen molar-refractivity contribution in [3.05, 3.63) is 83.2 Å². The third-order valence-electron chi connectivity index (χ3n) is 10.1. The van der Waals surface area contributed by atoms with Crippen LogP contribution in [0.1, 0.15) is 71.6 Å². The molecule has 4 aromatic rings. The number of carbonyl (C=O) groups is 3. The number of methoxy groups -OCH3 is 2. The minimum atomic E-state index is -0.505. The molecule has 252 valence electrons. The van der Waals surface area contributed by atoms with Crippen LogP contribution in [0.5, 0.6) is 17.2 Å². The molecule has 1 N–H and O–H groups in total. The molecule has 0 spiro atoms. The van der Waals surface area contributed by atoms with Crippen LogP contribution in [0.3, 0.4) is 0 Å². The molecule has 6 rings (SSSR count). The third-order valence-corrected chi connectivity index (χ3v) is 10.1. The molecule has 0 saturated carbocycles. The molecule has 48 heavy (non-hydrogen) atoms. The highest BCUT2D eigenvalue weighted by Crippen LogP contribution is 2.44. The highest BCUT2D eigenvalue weighted by Gasteiger charge is 2.43. The number of carbonyl (C=O) groups excluding carboxylic acids is 3. The number of piperidine rings is 1. The molecule has 2 saturated heterocycles. The molecule has 10 nitrogen and oxygen atoms in total. The number of nitrogens with one attached hydrogen (secondary N) is 1. The first-order valence-electron chi connectivity index (χ1n) is 16.8. The molecule has 2 aliphatic heterocycles. The van der Waals surface area contributed by atoms with E-state index in [1.165, 1.54) is 26.7 Å². The summed E-state index contributed by atoms with van der Waals surface area (Å²) < 4.78 is 16.9. The molecule has 2 aliphatic rings. The number of likely N-dealkylation sites (tertiary alicyclic amines) is 2. The Morgan fingerprint density at radius 2 is 1.69 bits per heavy atom. The molecular weight excluding hydrogens is 608 g/mol. The number of amides is 1. The van der Waals surface area contributed by atoms with Gasteiger partial charge in [0.2, 0.25) is 5.78 Å². The number of imidazole rings is 1. The number of nitrogens with zero attached hydrogens (tertiary/aromatic N) is 3. The van der Waals surface area contributed by atoms with Gasteiger partial charge in [0.15, 0.2) is 23.1 Å². The topological polar surface area (TPSA) is 114 Å². The van der Waals surface area contributed by atoms with E-state index in [9.17, 15) is 14.4 Å². The fraction of sp³-hybridized carbons (Fsp3) is 0.421. The summed E-state index contributed by atoms with van der Waals surface area (Å²) >= 11 is 0. The maximum absolute atomic E-state index is 14.3. The zero-order chi connectivity index (χ0) is 33.8. The second kappa shape index (κ2) is 14.2. The molecule has 0 bridgehead atoms. The van der Waals surface area contributed by atoms with Crippen LogP contribution >= 0.6 is 0 Å². The zero-order valence-corrected chi connectivity index (χ0v) is 28.2. The molecule has 1 atom stereocenters. The van der Waals surface area contributed by atoms with Crippen LogP contribution in [0.15, 0.2) is 60.7 Å². The molecule has 1 aromatic heterocycles. The van der Waals surface area contributed by atoms with Crippen molar-refractivity contribution in [2.24, 2.45) is 5.92 Å². The van der Waals surface area contributed by atoms with Crippen LogP contribution in [0.25, 0.3) is 11.0 Å². The van der Waals surface area contributed by atoms with Gasteiger partial charge in [0.1, 0.15) is 0 Å². The summed E-state index contributed by atoms with van der Waals surface area (Å²) in [5.74, 6) is 0.881. The first kappa shape index (κ1) is 33.2. The maximum atomic E-state index is 14.3. The van der Waals surface area contributed by atoms with Crippen LogP contribution in [0.4, 0.5) is 0 Å². The Balaban J connectivity index is 1.18. The van der Waals surface area contributed by atoms with Crippen molar-refractivity contribution in [3.8, 4) is 17.2 Å². The summed E-state index contributed by atoms with van der Waals surface area (Å²) in [5.41, 5.74) is 3.56. The normalized spacial score (nSPS) is 18.6. The lowest BCUT2D eigenvalue weighted by Gasteiger charge is -2.36. The number of hydrogen-bond acceptors (Lipinski definition) is 8. The maximum Gasteiger partial charge on any atom is 0.308 e. The van der Waals surface area contributed by atoms with Crippen LogP contribution in [-0.4, -0.2) is 84.4 Å². The fourth-order valence-electron chi connectivity index (χ4n) is 7.44. The molecule has 1 unspecified atom stereocenters. The second-order valence-corrected chi connectivity index (χ2v) is 12.9. The van der Waals surface area contributed by atoms with E-state index in [2.05, 4.69) is 39.1 Å². The largest absolute Gasteiger partial charge is 0.493 e. The number of hydrogen-bond donors (Lipinski definition) is 1. The van der Waals surface area contributed by atoms with E-state index in [0.29, 0.717) is 48.0 Å². The molecule has 3 heterocycles. The minimum Gasteiger partial charge on any atom is -0.493 e. The van der Waals surface area contributed by atoms with E-state index in [0.717, 1.165) is 56.4 Å². The second-order valence-electron chi connectivity index (χ2n) is 12.9. The van der Waals surface area contributed by atoms with Gasteiger partial charge >= 0.3 is 5.97 Å². The van der Waals surface area contributed by atoms with Crippen molar-refractivity contribution >= 4 is 28.7 Å². The van der Waals surface area contributed by atoms with Crippen molar-refractivity contribution in [2.75, 3.05) is 46.9 Å². The highest BCUT2D eigenvalue weighted by atomic mass is 16.5. The van der Waals surface area contributed by atoms with Gasteiger partial charge in [0, 0.05) is 43.0 Å². The summed E-state index contributed by atoms with van der Waals surface area (Å²) in [6, 6.07) is 19.8. The van der Waals surface area contributed by atoms with Gasteiger partial charge in [0.05, 0.1) is 30.8 Å². The number of aromatic amines is 1. The van der Waals surface area contributed by atoms with E-state index in [4.69, 9.17) is 14.2 Å². The standard InChI is InChI=1S/C38H44N4O6/c1-5-28-34(48-25(2)43)29(23-32(46-3)35(28)47-4)37(45)42-22-18-38(24-42,27-11-7-6-8-12-27)17-21-41-19-15-26(16-20-41)33(44)36-39-30-13-9-10-14-31(30)40-36/h6-14,23,26H,5,15-22,24H2,1-4H3,(H,39,40). The highest BCUT2D eigenvalue weighted by molar-refractivity contribution is 6.00. The van der Waals surface area contributed by atoms with Gasteiger partial charge in [-0.3, -0.25) is 14.4 Å². The number of Topliss-reactive ketones (excluding diaryl/α,β-unsaturated/α-hetero) is 1. The lowest BCUT2D eigenvalue weighted by atomic mass is 9.76. The van der Waals surface area contributed by atoms with Gasteiger partial charge in [-0.05, 0) is 69.4 Å². The monoisotopic (exact) mass is 652 g/mol. The summed E-state index contributed by atoms with van der Waals surface area (Å²) in [7, 11) is 3.07. The Labute approximate surface area is 281 Å². The van der Waals surface area contributed by atoms with Crippen molar-refractivity contribution < 1.29 is 28.6 Å². The summed E-state index contributed by atoms with van der Waals surface area (Å²) in [5, 5.41) is 0. The molecule has 1 amide bonds. The van der Waals surface area contributed by atoms with Gasteiger partial charge in [-0.15, -0.1) is 0 Å². The van der Waals surface area contributed by atoms with Crippen LogP contribution < -0.4 is 14.2 Å². The Bertz CT molecular complexity index is 1760. The zero-order valence-electron chi connectivity index (χ0n) is 28.2. The molecule has 2 fully saturated rings. The van der Waals surface area contributed by atoms with E-state index < -0.39 is 5.97 Å². The third kappa shape index (κ3) is 6.54. The molecule has 3 aromatic carbocycles. The first-order chi connectivity index (χ1) is 23.3. The SMILES string of the molecule is CCc1c(OC)c(OC)cc(C(=O)N2CCC(CCN3CCC(C(=O)c4nc5ccccc5[nH]4)CC3)(c3ccccc3)C2)c1OC(C)=O. The van der Waals surface area contributed by atoms with Crippen molar-refractivity contribution in [3.63, 3.8) is 0 Å². The van der Waals surface area contributed by atoms with Gasteiger partial charge in [0.25, 0.3) is 5.91 Å². The van der Waals surface area contributed by atoms with E-state index in [1.54, 1.807) is 6.07 Å². The van der Waals surface area contributed by atoms with Gasteiger partial charge in [-0.1, -0.05) is 49.4 Å². The molecule has 0 aliphatic carbocycles. The predicted molar refractivity (Wildman–Crippen MR) is 183 cm³/mol. The average Bonchev–Trinajstić information content (AvgIpc) is 3.76.